The average molecular weight is 602 g/mol. The summed E-state index contributed by atoms with van der Waals surface area (Å²) in [5, 5.41) is 3.02. The maximum absolute atomic E-state index is 16.0. The van der Waals surface area contributed by atoms with Crippen molar-refractivity contribution in [2.24, 2.45) is 0 Å². The third-order valence-electron chi connectivity index (χ3n) is 7.17. The van der Waals surface area contributed by atoms with Gasteiger partial charge in [0.1, 0.15) is 22.8 Å². The van der Waals surface area contributed by atoms with Crippen LogP contribution in [0.15, 0.2) is 83.2 Å². The number of benzene rings is 2. The first-order chi connectivity index (χ1) is 20.1. The highest BCUT2D eigenvalue weighted by Gasteiger charge is 2.39. The summed E-state index contributed by atoms with van der Waals surface area (Å²) in [6.45, 7) is 15.9. The van der Waals surface area contributed by atoms with E-state index in [-0.39, 0.29) is 22.0 Å². The summed E-state index contributed by atoms with van der Waals surface area (Å²) in [6, 6.07) is 18.3. The highest BCUT2D eigenvalue weighted by molar-refractivity contribution is 6.74. The van der Waals surface area contributed by atoms with Gasteiger partial charge >= 0.3 is 5.97 Å². The van der Waals surface area contributed by atoms with Crippen LogP contribution in [0, 0.1) is 5.82 Å². The Labute approximate surface area is 254 Å². The second-order valence-electron chi connectivity index (χ2n) is 12.9. The van der Waals surface area contributed by atoms with Gasteiger partial charge in [-0.1, -0.05) is 57.2 Å². The predicted octanol–water partition coefficient (Wildman–Crippen LogP) is 8.65. The normalized spacial score (nSPS) is 12.6. The molecule has 0 saturated heterocycles. The summed E-state index contributed by atoms with van der Waals surface area (Å²) >= 11 is 0. The van der Waals surface area contributed by atoms with Crippen molar-refractivity contribution in [1.82, 2.24) is 9.97 Å². The van der Waals surface area contributed by atoms with Gasteiger partial charge in [-0.25, -0.2) is 19.2 Å². The largest absolute Gasteiger partial charge is 0.542 e. The van der Waals surface area contributed by atoms with E-state index in [0.717, 1.165) is 5.56 Å². The zero-order chi connectivity index (χ0) is 31.4. The lowest BCUT2D eigenvalue weighted by Crippen LogP contribution is -2.44. The fourth-order valence-electron chi connectivity index (χ4n) is 3.91. The smallest absolute Gasteiger partial charge is 0.355 e. The second kappa shape index (κ2) is 12.5. The van der Waals surface area contributed by atoms with E-state index in [1.54, 1.807) is 57.2 Å². The van der Waals surface area contributed by atoms with Crippen LogP contribution in [0.2, 0.25) is 18.1 Å². The molecule has 0 spiro atoms. The van der Waals surface area contributed by atoms with Crippen molar-refractivity contribution in [2.75, 3.05) is 5.32 Å². The van der Waals surface area contributed by atoms with Gasteiger partial charge in [-0.2, -0.15) is 0 Å². The molecular formula is C34H40FN3O4Si. The SMILES string of the molecule is CC(C)(C)OC(=O)C(=Cc1ccco1)Nc1ncc(-c2cccc(O[Si](C)(C)C(C)(C)C)c2F)nc1Cc1ccccc1. The van der Waals surface area contributed by atoms with E-state index in [1.165, 1.54) is 12.5 Å². The first-order valence-electron chi connectivity index (χ1n) is 14.3. The van der Waals surface area contributed by atoms with Crippen molar-refractivity contribution in [2.45, 2.75) is 71.7 Å². The molecule has 2 heterocycles. The fraction of sp³-hybridized carbons (Fsp3) is 0.324. The van der Waals surface area contributed by atoms with Crippen LogP contribution in [0.3, 0.4) is 0 Å². The second-order valence-corrected chi connectivity index (χ2v) is 17.6. The van der Waals surface area contributed by atoms with Gasteiger partial charge in [0.05, 0.1) is 23.8 Å². The quantitative estimate of drug-likeness (QED) is 0.117. The highest BCUT2D eigenvalue weighted by Crippen LogP contribution is 2.39. The zero-order valence-corrected chi connectivity index (χ0v) is 27.1. The van der Waals surface area contributed by atoms with Gasteiger partial charge in [0.2, 0.25) is 0 Å². The Kier molecular flexibility index (Phi) is 9.25. The molecule has 0 radical (unpaired) electrons. The van der Waals surface area contributed by atoms with Gasteiger partial charge < -0.3 is 18.9 Å². The molecule has 2 aromatic heterocycles. The Balaban J connectivity index is 1.77. The summed E-state index contributed by atoms with van der Waals surface area (Å²) in [4.78, 5) is 22.7. The van der Waals surface area contributed by atoms with Crippen LogP contribution in [0.4, 0.5) is 10.2 Å². The van der Waals surface area contributed by atoms with E-state index in [2.05, 4.69) is 44.2 Å². The molecule has 4 rings (SSSR count). The van der Waals surface area contributed by atoms with Crippen molar-refractivity contribution in [3.05, 3.63) is 102 Å². The summed E-state index contributed by atoms with van der Waals surface area (Å²) in [5.41, 5.74) is 1.52. The number of ether oxygens (including phenoxy) is 1. The van der Waals surface area contributed by atoms with Crippen LogP contribution in [-0.2, 0) is 16.0 Å². The van der Waals surface area contributed by atoms with Crippen LogP contribution in [0.1, 0.15) is 58.6 Å². The van der Waals surface area contributed by atoms with E-state index in [1.807, 2.05) is 30.3 Å². The molecule has 0 aliphatic carbocycles. The number of carbonyl (C=O) groups is 1. The van der Waals surface area contributed by atoms with Gasteiger partial charge in [0, 0.05) is 18.1 Å². The predicted molar refractivity (Wildman–Crippen MR) is 171 cm³/mol. The zero-order valence-electron chi connectivity index (χ0n) is 26.1. The van der Waals surface area contributed by atoms with Crippen molar-refractivity contribution in [1.29, 1.82) is 0 Å². The van der Waals surface area contributed by atoms with Crippen molar-refractivity contribution < 1.29 is 22.8 Å². The Morgan fingerprint density at radius 2 is 1.72 bits per heavy atom. The van der Waals surface area contributed by atoms with E-state index < -0.39 is 25.7 Å². The number of carbonyl (C=O) groups excluding carboxylic acids is 1. The summed E-state index contributed by atoms with van der Waals surface area (Å²) < 4.78 is 33.4. The topological polar surface area (TPSA) is 86.5 Å². The molecule has 2 aromatic carbocycles. The number of halogens is 1. The first-order valence-corrected chi connectivity index (χ1v) is 17.2. The third-order valence-corrected chi connectivity index (χ3v) is 11.5. The number of furan rings is 1. The molecule has 9 heteroatoms. The van der Waals surface area contributed by atoms with Crippen LogP contribution < -0.4 is 9.74 Å². The maximum Gasteiger partial charge on any atom is 0.355 e. The number of nitrogens with zero attached hydrogens (tertiary/aromatic N) is 2. The van der Waals surface area contributed by atoms with E-state index in [9.17, 15) is 4.79 Å². The number of anilines is 1. The molecule has 0 aliphatic heterocycles. The standard InChI is InChI=1S/C34H40FN3O4Si/c1-33(2,3)41-32(39)27(21-24-16-13-19-40-24)38-31-26(20-23-14-10-9-11-15-23)37-28(22-36-31)25-17-12-18-29(30(25)35)42-43(7,8)34(4,5)6/h9-19,21-22H,20H2,1-8H3,(H,36,38). The van der Waals surface area contributed by atoms with Crippen LogP contribution in [0.25, 0.3) is 17.3 Å². The molecule has 43 heavy (non-hydrogen) atoms. The monoisotopic (exact) mass is 601 g/mol. The summed E-state index contributed by atoms with van der Waals surface area (Å²) in [6.07, 6.45) is 4.95. The van der Waals surface area contributed by atoms with Gasteiger partial charge in [-0.15, -0.1) is 0 Å². The summed E-state index contributed by atoms with van der Waals surface area (Å²) in [5.74, 6) is -0.0677. The Hall–Kier alpha value is -4.24. The van der Waals surface area contributed by atoms with Crippen LogP contribution in [0.5, 0.6) is 5.75 Å². The molecular weight excluding hydrogens is 561 g/mol. The number of rotatable bonds is 9. The number of hydrogen-bond acceptors (Lipinski definition) is 7. The lowest BCUT2D eigenvalue weighted by molar-refractivity contribution is -0.149. The average Bonchev–Trinajstić information content (AvgIpc) is 3.42. The molecule has 0 saturated carbocycles. The Morgan fingerprint density at radius 3 is 2.35 bits per heavy atom. The minimum absolute atomic E-state index is 0.0968. The van der Waals surface area contributed by atoms with Crippen LogP contribution >= 0.6 is 0 Å². The number of hydrogen-bond donors (Lipinski definition) is 1. The van der Waals surface area contributed by atoms with Gasteiger partial charge in [0.25, 0.3) is 8.32 Å². The van der Waals surface area contributed by atoms with E-state index in [4.69, 9.17) is 18.6 Å². The first kappa shape index (κ1) is 31.7. The molecule has 0 amide bonds. The third kappa shape index (κ3) is 8.19. The molecule has 1 N–H and O–H groups in total. The molecule has 0 aliphatic rings. The Bertz CT molecular complexity index is 1590. The molecule has 4 aromatic rings. The number of aromatic nitrogens is 2. The minimum Gasteiger partial charge on any atom is -0.542 e. The Morgan fingerprint density at radius 1 is 1.00 bits per heavy atom. The molecule has 7 nitrogen and oxygen atoms in total. The molecule has 226 valence electrons. The van der Waals surface area contributed by atoms with Gasteiger partial charge in [-0.05, 0) is 68.7 Å². The lowest BCUT2D eigenvalue weighted by atomic mass is 10.1. The molecule has 0 bridgehead atoms. The van der Waals surface area contributed by atoms with Crippen LogP contribution in [-0.4, -0.2) is 29.9 Å². The van der Waals surface area contributed by atoms with E-state index >= 15 is 4.39 Å². The van der Waals surface area contributed by atoms with Crippen molar-refractivity contribution in [3.63, 3.8) is 0 Å². The lowest BCUT2D eigenvalue weighted by Gasteiger charge is -2.36. The number of nitrogens with one attached hydrogen (secondary N) is 1. The molecule has 0 fully saturated rings. The molecule has 0 unspecified atom stereocenters. The maximum atomic E-state index is 16.0. The van der Waals surface area contributed by atoms with Crippen molar-refractivity contribution in [3.8, 4) is 17.0 Å². The van der Waals surface area contributed by atoms with Crippen molar-refractivity contribution >= 4 is 26.2 Å². The van der Waals surface area contributed by atoms with Gasteiger partial charge in [0.15, 0.2) is 11.6 Å². The highest BCUT2D eigenvalue weighted by atomic mass is 28.4. The van der Waals surface area contributed by atoms with E-state index in [0.29, 0.717) is 29.4 Å². The minimum atomic E-state index is -2.29. The van der Waals surface area contributed by atoms with Gasteiger partial charge in [-0.3, -0.25) is 0 Å². The number of esters is 1. The molecule has 0 atom stereocenters. The fourth-order valence-corrected chi connectivity index (χ4v) is 4.93. The summed E-state index contributed by atoms with van der Waals surface area (Å²) in [7, 11) is -2.29.